The maximum absolute atomic E-state index is 11.4. The van der Waals surface area contributed by atoms with Crippen LogP contribution in [0.4, 0.5) is 5.69 Å². The highest BCUT2D eigenvalue weighted by Crippen LogP contribution is 2.19. The Morgan fingerprint density at radius 3 is 2.72 bits per heavy atom. The van der Waals surface area contributed by atoms with E-state index in [2.05, 4.69) is 16.6 Å². The summed E-state index contributed by atoms with van der Waals surface area (Å²) >= 11 is 5.75. The Balaban J connectivity index is 2.70. The van der Waals surface area contributed by atoms with Crippen molar-refractivity contribution in [1.82, 2.24) is 5.32 Å². The number of carboxylic acids is 1. The van der Waals surface area contributed by atoms with Crippen LogP contribution in [0.15, 0.2) is 18.2 Å². The van der Waals surface area contributed by atoms with Crippen molar-refractivity contribution in [3.05, 3.63) is 28.8 Å². The Labute approximate surface area is 109 Å². The van der Waals surface area contributed by atoms with Crippen molar-refractivity contribution in [1.29, 1.82) is 0 Å². The lowest BCUT2D eigenvalue weighted by Gasteiger charge is -2.07. The Morgan fingerprint density at radius 1 is 1.39 bits per heavy atom. The van der Waals surface area contributed by atoms with Crippen LogP contribution in [0.1, 0.15) is 10.4 Å². The molecule has 0 unspecified atom stereocenters. The van der Waals surface area contributed by atoms with Crippen LogP contribution in [0.5, 0.6) is 0 Å². The molecule has 0 aromatic heterocycles. The summed E-state index contributed by atoms with van der Waals surface area (Å²) in [6, 6.07) is 4.09. The zero-order valence-corrected chi connectivity index (χ0v) is 10.1. The molecule has 1 aromatic carbocycles. The number of nitrogens with one attached hydrogen (secondary N) is 2. The van der Waals surface area contributed by atoms with Crippen molar-refractivity contribution < 1.29 is 14.7 Å². The van der Waals surface area contributed by atoms with Gasteiger partial charge in [0.05, 0.1) is 18.7 Å². The van der Waals surface area contributed by atoms with Gasteiger partial charge in [-0.05, 0) is 18.2 Å². The summed E-state index contributed by atoms with van der Waals surface area (Å²) in [6.45, 7) is 0.322. The van der Waals surface area contributed by atoms with Crippen LogP contribution in [0.25, 0.3) is 0 Å². The molecule has 0 fully saturated rings. The fourth-order valence-electron chi connectivity index (χ4n) is 1.24. The highest BCUT2D eigenvalue weighted by Gasteiger charge is 2.08. The topological polar surface area (TPSA) is 78.4 Å². The molecule has 6 heteroatoms. The molecule has 1 rings (SSSR count). The van der Waals surface area contributed by atoms with Crippen molar-refractivity contribution in [3.8, 4) is 12.3 Å². The van der Waals surface area contributed by atoms with Crippen molar-refractivity contribution in [2.45, 2.75) is 0 Å². The number of hydrogen-bond donors (Lipinski definition) is 3. The van der Waals surface area contributed by atoms with Gasteiger partial charge >= 0.3 is 5.97 Å². The molecule has 3 N–H and O–H groups in total. The quantitative estimate of drug-likeness (QED) is 0.553. The molecule has 0 aliphatic carbocycles. The minimum absolute atomic E-state index is 0.00869. The van der Waals surface area contributed by atoms with E-state index >= 15 is 0 Å². The molecule has 5 nitrogen and oxygen atoms in total. The van der Waals surface area contributed by atoms with Crippen LogP contribution in [0, 0.1) is 12.3 Å². The monoisotopic (exact) mass is 266 g/mol. The van der Waals surface area contributed by atoms with Crippen LogP contribution in [-0.4, -0.2) is 30.1 Å². The number of carbonyl (C=O) groups is 2. The third kappa shape index (κ3) is 4.45. The van der Waals surface area contributed by atoms with Crippen LogP contribution in [-0.2, 0) is 4.79 Å². The first-order valence-electron chi connectivity index (χ1n) is 5.01. The summed E-state index contributed by atoms with van der Waals surface area (Å²) in [5.74, 6) is 0.888. The first-order valence-corrected chi connectivity index (χ1v) is 5.38. The van der Waals surface area contributed by atoms with E-state index < -0.39 is 5.97 Å². The fourth-order valence-corrected chi connectivity index (χ4v) is 1.47. The minimum Gasteiger partial charge on any atom is -0.478 e. The number of anilines is 1. The van der Waals surface area contributed by atoms with Gasteiger partial charge in [-0.3, -0.25) is 10.1 Å². The standard InChI is InChI=1S/C12H11ClN2O3/c1-2-3-14-7-11(16)15-10-5-8(12(17)18)4-9(13)6-10/h1,4-6,14H,3,7H2,(H,15,16)(H,17,18). The van der Waals surface area contributed by atoms with Crippen molar-refractivity contribution >= 4 is 29.2 Å². The predicted molar refractivity (Wildman–Crippen MR) is 68.7 cm³/mol. The highest BCUT2D eigenvalue weighted by molar-refractivity contribution is 6.31. The van der Waals surface area contributed by atoms with Crippen LogP contribution >= 0.6 is 11.6 Å². The van der Waals surface area contributed by atoms with Gasteiger partial charge in [-0.2, -0.15) is 0 Å². The zero-order chi connectivity index (χ0) is 13.5. The highest BCUT2D eigenvalue weighted by atomic mass is 35.5. The first-order chi connectivity index (χ1) is 8.52. The number of rotatable bonds is 5. The van der Waals surface area contributed by atoms with Gasteiger partial charge in [0.15, 0.2) is 0 Å². The van der Waals surface area contributed by atoms with Gasteiger partial charge in [0.2, 0.25) is 5.91 Å². The van der Waals surface area contributed by atoms with Gasteiger partial charge in [0.25, 0.3) is 0 Å². The van der Waals surface area contributed by atoms with Gasteiger partial charge in [-0.15, -0.1) is 6.42 Å². The summed E-state index contributed by atoms with van der Waals surface area (Å²) in [5, 5.41) is 14.3. The number of hydrogen-bond acceptors (Lipinski definition) is 3. The summed E-state index contributed by atoms with van der Waals surface area (Å²) in [4.78, 5) is 22.2. The lowest BCUT2D eigenvalue weighted by atomic mass is 10.2. The number of carboxylic acid groups (broad SMARTS) is 1. The van der Waals surface area contributed by atoms with E-state index in [1.54, 1.807) is 0 Å². The number of amides is 1. The van der Waals surface area contributed by atoms with Crippen LogP contribution < -0.4 is 10.6 Å². The maximum Gasteiger partial charge on any atom is 0.335 e. The molecule has 1 aromatic rings. The SMILES string of the molecule is C#CCNCC(=O)Nc1cc(Cl)cc(C(=O)O)c1. The molecule has 94 valence electrons. The summed E-state index contributed by atoms with van der Waals surface area (Å²) in [7, 11) is 0. The van der Waals surface area contributed by atoms with E-state index in [1.807, 2.05) is 0 Å². The van der Waals surface area contributed by atoms with E-state index in [4.69, 9.17) is 23.1 Å². The lowest BCUT2D eigenvalue weighted by molar-refractivity contribution is -0.115. The van der Waals surface area contributed by atoms with E-state index in [1.165, 1.54) is 18.2 Å². The Hall–Kier alpha value is -2.03. The largest absolute Gasteiger partial charge is 0.478 e. The van der Waals surface area contributed by atoms with E-state index in [9.17, 15) is 9.59 Å². The Morgan fingerprint density at radius 2 is 2.11 bits per heavy atom. The van der Waals surface area contributed by atoms with E-state index in [0.29, 0.717) is 5.69 Å². The molecule has 0 aliphatic heterocycles. The number of benzene rings is 1. The van der Waals surface area contributed by atoms with Gasteiger partial charge < -0.3 is 10.4 Å². The third-order valence-corrected chi connectivity index (χ3v) is 2.16. The molecule has 18 heavy (non-hydrogen) atoms. The number of terminal acetylenes is 1. The second-order valence-electron chi connectivity index (χ2n) is 3.39. The third-order valence-electron chi connectivity index (χ3n) is 1.94. The Bertz CT molecular complexity index is 509. The molecule has 0 radical (unpaired) electrons. The lowest BCUT2D eigenvalue weighted by Crippen LogP contribution is -2.28. The van der Waals surface area contributed by atoms with Gasteiger partial charge in [-0.1, -0.05) is 17.5 Å². The normalized spacial score (nSPS) is 9.56. The fraction of sp³-hybridized carbons (Fsp3) is 0.167. The van der Waals surface area contributed by atoms with Crippen molar-refractivity contribution in [2.75, 3.05) is 18.4 Å². The maximum atomic E-state index is 11.4. The summed E-state index contributed by atoms with van der Waals surface area (Å²) in [6.07, 6.45) is 5.01. The van der Waals surface area contributed by atoms with Crippen LogP contribution in [0.3, 0.4) is 0 Å². The number of halogens is 1. The molecule has 0 saturated heterocycles. The molecule has 0 bridgehead atoms. The summed E-state index contributed by atoms with van der Waals surface area (Å²) < 4.78 is 0. The van der Waals surface area contributed by atoms with Crippen molar-refractivity contribution in [2.24, 2.45) is 0 Å². The van der Waals surface area contributed by atoms with Crippen molar-refractivity contribution in [3.63, 3.8) is 0 Å². The minimum atomic E-state index is -1.11. The molecular formula is C12H11ClN2O3. The molecule has 0 spiro atoms. The average molecular weight is 267 g/mol. The predicted octanol–water partition coefficient (Wildman–Crippen LogP) is 1.20. The smallest absolute Gasteiger partial charge is 0.335 e. The molecule has 0 aliphatic rings. The molecular weight excluding hydrogens is 256 g/mol. The summed E-state index contributed by atoms with van der Waals surface area (Å²) in [5.41, 5.74) is 0.335. The second kappa shape index (κ2) is 6.64. The number of aromatic carboxylic acids is 1. The van der Waals surface area contributed by atoms with Gasteiger partial charge in [0, 0.05) is 10.7 Å². The van der Waals surface area contributed by atoms with Gasteiger partial charge in [-0.25, -0.2) is 4.79 Å². The molecule has 0 saturated carbocycles. The molecule has 1 amide bonds. The second-order valence-corrected chi connectivity index (χ2v) is 3.83. The average Bonchev–Trinajstić information content (AvgIpc) is 2.28. The number of carbonyl (C=O) groups excluding carboxylic acids is 1. The zero-order valence-electron chi connectivity index (χ0n) is 9.37. The van der Waals surface area contributed by atoms with Gasteiger partial charge in [0.1, 0.15) is 0 Å². The van der Waals surface area contributed by atoms with Crippen LogP contribution in [0.2, 0.25) is 5.02 Å². The Kier molecular flexibility index (Phi) is 5.18. The molecule has 0 atom stereocenters. The molecule has 0 heterocycles. The first kappa shape index (κ1) is 14.0. The van der Waals surface area contributed by atoms with E-state index in [-0.39, 0.29) is 29.6 Å². The van der Waals surface area contributed by atoms with E-state index in [0.717, 1.165) is 0 Å².